The third-order valence-electron chi connectivity index (χ3n) is 1.57. The van der Waals surface area contributed by atoms with Crippen molar-refractivity contribution in [1.82, 2.24) is 9.78 Å². The Hall–Kier alpha value is -0.590. The van der Waals surface area contributed by atoms with Gasteiger partial charge in [0.25, 0.3) is 9.05 Å². The molecule has 0 fully saturated rings. The standard InChI is InChI=1S/C6H9ClN2O3S/c1-9-5(4-12-2)6(3-8-9)13(7,10)11/h3H,4H2,1-2H3. The monoisotopic (exact) mass is 224 g/mol. The van der Waals surface area contributed by atoms with Crippen LogP contribution in [0.2, 0.25) is 0 Å². The lowest BCUT2D eigenvalue weighted by Gasteiger charge is -2.01. The Balaban J connectivity index is 3.23. The molecule has 13 heavy (non-hydrogen) atoms. The summed E-state index contributed by atoms with van der Waals surface area (Å²) >= 11 is 0. The summed E-state index contributed by atoms with van der Waals surface area (Å²) in [4.78, 5) is -0.00137. The Bertz CT molecular complexity index is 398. The molecular formula is C6H9ClN2O3S. The molecule has 1 rings (SSSR count). The summed E-state index contributed by atoms with van der Waals surface area (Å²) in [6, 6.07) is 0. The Kier molecular flexibility index (Phi) is 2.94. The first-order valence-electron chi connectivity index (χ1n) is 3.41. The van der Waals surface area contributed by atoms with E-state index in [1.165, 1.54) is 18.0 Å². The lowest BCUT2D eigenvalue weighted by Crippen LogP contribution is -2.03. The fraction of sp³-hybridized carbons (Fsp3) is 0.500. The topological polar surface area (TPSA) is 61.2 Å². The Morgan fingerprint density at radius 2 is 2.31 bits per heavy atom. The molecule has 5 nitrogen and oxygen atoms in total. The molecule has 0 N–H and O–H groups in total. The first-order chi connectivity index (χ1) is 5.96. The molecule has 0 amide bonds. The Morgan fingerprint density at radius 3 is 2.77 bits per heavy atom. The van der Waals surface area contributed by atoms with E-state index in [0.29, 0.717) is 5.69 Å². The zero-order valence-corrected chi connectivity index (χ0v) is 8.76. The highest BCUT2D eigenvalue weighted by Gasteiger charge is 2.19. The number of aromatic nitrogens is 2. The van der Waals surface area contributed by atoms with Crippen LogP contribution in [-0.4, -0.2) is 25.3 Å². The van der Waals surface area contributed by atoms with E-state index >= 15 is 0 Å². The second-order valence-electron chi connectivity index (χ2n) is 2.45. The molecule has 0 spiro atoms. The van der Waals surface area contributed by atoms with Gasteiger partial charge in [0.1, 0.15) is 4.90 Å². The maximum Gasteiger partial charge on any atom is 0.264 e. The summed E-state index contributed by atoms with van der Waals surface area (Å²) in [5.74, 6) is 0. The smallest absolute Gasteiger partial charge is 0.264 e. The van der Waals surface area contributed by atoms with E-state index in [1.54, 1.807) is 7.05 Å². The molecule has 0 aliphatic carbocycles. The summed E-state index contributed by atoms with van der Waals surface area (Å²) in [7, 11) is 4.54. The molecule has 1 aromatic rings. The molecule has 0 saturated carbocycles. The van der Waals surface area contributed by atoms with Gasteiger partial charge in [-0.25, -0.2) is 8.42 Å². The van der Waals surface area contributed by atoms with Crippen molar-refractivity contribution in [2.75, 3.05) is 7.11 Å². The van der Waals surface area contributed by atoms with Crippen molar-refractivity contribution in [3.8, 4) is 0 Å². The highest BCUT2D eigenvalue weighted by atomic mass is 35.7. The van der Waals surface area contributed by atoms with Gasteiger partial charge in [0.2, 0.25) is 0 Å². The quantitative estimate of drug-likeness (QED) is 0.702. The van der Waals surface area contributed by atoms with E-state index in [9.17, 15) is 8.42 Å². The minimum absolute atomic E-state index is 0.00137. The van der Waals surface area contributed by atoms with Crippen LogP contribution in [0.25, 0.3) is 0 Å². The number of hydrogen-bond donors (Lipinski definition) is 0. The van der Waals surface area contributed by atoms with E-state index in [1.807, 2.05) is 0 Å². The zero-order chi connectivity index (χ0) is 10.1. The third-order valence-corrected chi connectivity index (χ3v) is 2.93. The van der Waals surface area contributed by atoms with Crippen molar-refractivity contribution in [3.05, 3.63) is 11.9 Å². The predicted molar refractivity (Wildman–Crippen MR) is 47.0 cm³/mol. The molecule has 0 aromatic carbocycles. The van der Waals surface area contributed by atoms with Crippen molar-refractivity contribution in [2.24, 2.45) is 7.05 Å². The summed E-state index contributed by atoms with van der Waals surface area (Å²) in [5, 5.41) is 3.77. The van der Waals surface area contributed by atoms with Crippen LogP contribution >= 0.6 is 10.7 Å². The third kappa shape index (κ3) is 2.20. The highest BCUT2D eigenvalue weighted by molar-refractivity contribution is 8.13. The molecular weight excluding hydrogens is 216 g/mol. The van der Waals surface area contributed by atoms with E-state index in [2.05, 4.69) is 5.10 Å². The van der Waals surface area contributed by atoms with Crippen LogP contribution in [0.5, 0.6) is 0 Å². The van der Waals surface area contributed by atoms with Crippen molar-refractivity contribution in [3.63, 3.8) is 0 Å². The van der Waals surface area contributed by atoms with E-state index < -0.39 is 9.05 Å². The maximum atomic E-state index is 11.0. The fourth-order valence-corrected chi connectivity index (χ4v) is 1.98. The van der Waals surface area contributed by atoms with E-state index in [0.717, 1.165) is 0 Å². The number of ether oxygens (including phenoxy) is 1. The van der Waals surface area contributed by atoms with Crippen LogP contribution in [0.15, 0.2) is 11.1 Å². The second-order valence-corrected chi connectivity index (χ2v) is 4.98. The van der Waals surface area contributed by atoms with Crippen molar-refractivity contribution < 1.29 is 13.2 Å². The van der Waals surface area contributed by atoms with Gasteiger partial charge in [-0.1, -0.05) is 0 Å². The van der Waals surface area contributed by atoms with E-state index in [4.69, 9.17) is 15.4 Å². The summed E-state index contributed by atoms with van der Waals surface area (Å²) in [6.07, 6.45) is 1.21. The maximum absolute atomic E-state index is 11.0. The SMILES string of the molecule is COCc1c(S(=O)(=O)Cl)cnn1C. The number of methoxy groups -OCH3 is 1. The molecule has 7 heteroatoms. The van der Waals surface area contributed by atoms with Crippen molar-refractivity contribution in [1.29, 1.82) is 0 Å². The van der Waals surface area contributed by atoms with Crippen LogP contribution in [0.1, 0.15) is 5.69 Å². The minimum atomic E-state index is -3.73. The van der Waals surface area contributed by atoms with Crippen LogP contribution in [0.4, 0.5) is 0 Å². The van der Waals surface area contributed by atoms with Gasteiger partial charge in [-0.2, -0.15) is 5.10 Å². The molecule has 0 bridgehead atoms. The molecule has 0 unspecified atom stereocenters. The number of aryl methyl sites for hydroxylation is 1. The first-order valence-corrected chi connectivity index (χ1v) is 5.72. The Labute approximate surface area is 80.7 Å². The molecule has 0 atom stereocenters. The number of nitrogens with zero attached hydrogens (tertiary/aromatic N) is 2. The minimum Gasteiger partial charge on any atom is -0.378 e. The average Bonchev–Trinajstić information content (AvgIpc) is 2.32. The number of rotatable bonds is 3. The summed E-state index contributed by atoms with van der Waals surface area (Å²) in [5.41, 5.74) is 0.442. The molecule has 0 saturated heterocycles. The molecule has 0 aliphatic rings. The van der Waals surface area contributed by atoms with Crippen molar-refractivity contribution in [2.45, 2.75) is 11.5 Å². The summed E-state index contributed by atoms with van der Waals surface area (Å²) in [6.45, 7) is 0.164. The number of hydrogen-bond acceptors (Lipinski definition) is 4. The van der Waals surface area contributed by atoms with E-state index in [-0.39, 0.29) is 11.5 Å². The molecule has 1 aromatic heterocycles. The molecule has 0 aliphatic heterocycles. The zero-order valence-electron chi connectivity index (χ0n) is 7.19. The van der Waals surface area contributed by atoms with Crippen LogP contribution in [0, 0.1) is 0 Å². The van der Waals surface area contributed by atoms with Crippen LogP contribution in [0.3, 0.4) is 0 Å². The van der Waals surface area contributed by atoms with Gasteiger partial charge in [-0.05, 0) is 0 Å². The highest BCUT2D eigenvalue weighted by Crippen LogP contribution is 2.19. The van der Waals surface area contributed by atoms with Gasteiger partial charge in [0.15, 0.2) is 0 Å². The first kappa shape index (κ1) is 10.5. The molecule has 1 heterocycles. The van der Waals surface area contributed by atoms with Crippen LogP contribution < -0.4 is 0 Å². The summed E-state index contributed by atoms with van der Waals surface area (Å²) < 4.78 is 28.2. The Morgan fingerprint density at radius 1 is 1.69 bits per heavy atom. The largest absolute Gasteiger partial charge is 0.378 e. The van der Waals surface area contributed by atoms with Gasteiger partial charge in [-0.15, -0.1) is 0 Å². The lowest BCUT2D eigenvalue weighted by atomic mass is 10.4. The second kappa shape index (κ2) is 3.65. The van der Waals surface area contributed by atoms with Gasteiger partial charge >= 0.3 is 0 Å². The van der Waals surface area contributed by atoms with Crippen LogP contribution in [-0.2, 0) is 27.4 Å². The van der Waals surface area contributed by atoms with Crippen molar-refractivity contribution >= 4 is 19.7 Å². The lowest BCUT2D eigenvalue weighted by molar-refractivity contribution is 0.175. The predicted octanol–water partition coefficient (Wildman–Crippen LogP) is 0.494. The fourth-order valence-electron chi connectivity index (χ4n) is 0.948. The normalized spacial score (nSPS) is 11.9. The van der Waals surface area contributed by atoms with Gasteiger partial charge in [0.05, 0.1) is 18.5 Å². The van der Waals surface area contributed by atoms with Gasteiger partial charge in [0, 0.05) is 24.8 Å². The average molecular weight is 225 g/mol. The molecule has 74 valence electrons. The molecule has 0 radical (unpaired) electrons. The van der Waals surface area contributed by atoms with Gasteiger partial charge < -0.3 is 4.74 Å². The van der Waals surface area contributed by atoms with Gasteiger partial charge in [-0.3, -0.25) is 4.68 Å². The number of halogens is 1.